The molecule has 0 spiro atoms. The van der Waals surface area contributed by atoms with Crippen molar-refractivity contribution in [2.45, 2.75) is 203 Å². The Labute approximate surface area is 584 Å². The van der Waals surface area contributed by atoms with E-state index < -0.39 is 83.6 Å². The normalized spacial score (nSPS) is 13.3. The highest BCUT2D eigenvalue weighted by Crippen LogP contribution is 2.23. The van der Waals surface area contributed by atoms with Crippen LogP contribution in [0.25, 0.3) is 32.7 Å². The number of H-pyrrole nitrogens is 3. The molecule has 7 atom stereocenters. The quantitative estimate of drug-likeness (QED) is 0.0148. The molecule has 0 saturated carbocycles. The van der Waals surface area contributed by atoms with Crippen LogP contribution in [0.4, 0.5) is 0 Å². The van der Waals surface area contributed by atoms with Crippen molar-refractivity contribution in [3.63, 3.8) is 0 Å². The molecule has 0 aliphatic heterocycles. The Bertz CT molecular complexity index is 3680. The largest absolute Gasteiger partial charge is 0.370 e. The van der Waals surface area contributed by atoms with Crippen molar-refractivity contribution in [1.29, 1.82) is 0 Å². The van der Waals surface area contributed by atoms with Crippen LogP contribution in [0.5, 0.6) is 0 Å². The molecule has 29 heteroatoms. The van der Waals surface area contributed by atoms with Crippen LogP contribution < -0.4 is 83.1 Å². The number of rotatable bonds is 48. The Morgan fingerprint density at radius 3 is 1.10 bits per heavy atom. The zero-order chi connectivity index (χ0) is 72.2. The molecule has 26 N–H and O–H groups in total. The van der Waals surface area contributed by atoms with Crippen molar-refractivity contribution < 1.29 is 38.4 Å². The Balaban J connectivity index is 1.23. The molecule has 544 valence electrons. The number of nitrogens with zero attached hydrogens (tertiary/aromatic N) is 3. The van der Waals surface area contributed by atoms with Gasteiger partial charge >= 0.3 is 0 Å². The fourth-order valence-electron chi connectivity index (χ4n) is 12.0. The fourth-order valence-corrected chi connectivity index (χ4v) is 12.0. The number of aromatic amines is 3. The van der Waals surface area contributed by atoms with E-state index in [0.29, 0.717) is 48.9 Å². The van der Waals surface area contributed by atoms with Crippen LogP contribution in [-0.4, -0.2) is 149 Å². The smallest absolute Gasteiger partial charge is 0.243 e. The number of aliphatic imine (C=N–C) groups is 3. The van der Waals surface area contributed by atoms with Gasteiger partial charge in [-0.1, -0.05) is 126 Å². The minimum absolute atomic E-state index is 0.0362. The van der Waals surface area contributed by atoms with Crippen molar-refractivity contribution in [2.75, 3.05) is 26.2 Å². The van der Waals surface area contributed by atoms with Gasteiger partial charge in [0.05, 0.1) is 6.04 Å². The minimum Gasteiger partial charge on any atom is -0.370 e. The van der Waals surface area contributed by atoms with E-state index in [1.54, 1.807) is 18.6 Å². The zero-order valence-corrected chi connectivity index (χ0v) is 57.7. The maximum Gasteiger partial charge on any atom is 0.243 e. The van der Waals surface area contributed by atoms with Gasteiger partial charge in [-0.3, -0.25) is 53.3 Å². The lowest BCUT2D eigenvalue weighted by atomic mass is 10.0. The summed E-state index contributed by atoms with van der Waals surface area (Å²) in [6.45, 7) is 2.88. The lowest BCUT2D eigenvalue weighted by molar-refractivity contribution is -0.135. The molecule has 0 saturated heterocycles. The monoisotopic (exact) mass is 1380 g/mol. The molecule has 3 heterocycles. The molecule has 0 aliphatic rings. The summed E-state index contributed by atoms with van der Waals surface area (Å²) in [7, 11) is 0. The number of para-hydroxylation sites is 3. The third-order valence-electron chi connectivity index (χ3n) is 17.6. The summed E-state index contributed by atoms with van der Waals surface area (Å²) < 4.78 is 0. The number of guanidine groups is 3. The van der Waals surface area contributed by atoms with Crippen molar-refractivity contribution in [2.24, 2.45) is 60.8 Å². The molecule has 6 aromatic rings. The second kappa shape index (κ2) is 42.6. The average Bonchev–Trinajstić information content (AvgIpc) is 1.62. The van der Waals surface area contributed by atoms with Crippen LogP contribution in [0.1, 0.15) is 158 Å². The molecule has 8 amide bonds. The molecule has 0 fully saturated rings. The number of benzene rings is 3. The zero-order valence-electron chi connectivity index (χ0n) is 57.7. The number of primary amides is 1. The number of aromatic nitrogens is 3. The average molecular weight is 1380 g/mol. The number of hydrogen-bond donors (Lipinski definition) is 18. The topological polar surface area (TPSA) is 513 Å². The number of carbonyl (C=O) groups is 8. The highest BCUT2D eigenvalue weighted by Gasteiger charge is 2.35. The summed E-state index contributed by atoms with van der Waals surface area (Å²) in [5, 5.41) is 22.2. The van der Waals surface area contributed by atoms with Gasteiger partial charge in [-0.15, -0.1) is 0 Å². The summed E-state index contributed by atoms with van der Waals surface area (Å²) in [6, 6.07) is 13.0. The maximum atomic E-state index is 15.3. The van der Waals surface area contributed by atoms with Crippen LogP contribution in [0.3, 0.4) is 0 Å². The summed E-state index contributed by atoms with van der Waals surface area (Å²) in [4.78, 5) is 136. The van der Waals surface area contributed by atoms with E-state index in [1.165, 1.54) is 51.4 Å². The minimum atomic E-state index is -1.46. The molecule has 0 radical (unpaired) electrons. The van der Waals surface area contributed by atoms with Crippen LogP contribution in [0, 0.1) is 0 Å². The van der Waals surface area contributed by atoms with E-state index in [0.717, 1.165) is 52.0 Å². The lowest BCUT2D eigenvalue weighted by Gasteiger charge is -2.28. The molecule has 3 aromatic carbocycles. The third kappa shape index (κ3) is 27.3. The second-order valence-electron chi connectivity index (χ2n) is 25.5. The molecular weight excluding hydrogens is 1270 g/mol. The first-order chi connectivity index (χ1) is 48.2. The van der Waals surface area contributed by atoms with Crippen molar-refractivity contribution in [3.8, 4) is 0 Å². The van der Waals surface area contributed by atoms with Gasteiger partial charge in [0.1, 0.15) is 36.3 Å². The van der Waals surface area contributed by atoms with E-state index in [-0.39, 0.29) is 101 Å². The van der Waals surface area contributed by atoms with E-state index in [2.05, 4.69) is 74.1 Å². The first-order valence-electron chi connectivity index (χ1n) is 35.2. The Hall–Kier alpha value is -10.2. The Kier molecular flexibility index (Phi) is 33.6. The van der Waals surface area contributed by atoms with E-state index in [4.69, 9.17) is 45.9 Å². The van der Waals surface area contributed by atoms with Gasteiger partial charge in [-0.25, -0.2) is 0 Å². The molecule has 6 rings (SSSR count). The summed E-state index contributed by atoms with van der Waals surface area (Å²) in [5.74, 6) is -6.00. The predicted molar refractivity (Wildman–Crippen MR) is 392 cm³/mol. The number of hydrogen-bond acceptors (Lipinski definition) is 12. The van der Waals surface area contributed by atoms with Gasteiger partial charge in [0, 0.05) is 103 Å². The van der Waals surface area contributed by atoms with Crippen LogP contribution in [-0.2, 0) is 57.6 Å². The number of unbranched alkanes of at least 4 members (excludes halogenated alkanes) is 11. The van der Waals surface area contributed by atoms with E-state index in [1.807, 2.05) is 72.8 Å². The third-order valence-corrected chi connectivity index (χ3v) is 17.6. The number of fused-ring (bicyclic) bond motifs is 3. The number of amides is 8. The first-order valence-corrected chi connectivity index (χ1v) is 35.2. The standard InChI is InChI=1S/C71H107N21O8/c1-2-3-4-5-6-7-8-9-10-11-12-34-61(93)80-35-20-19-31-55(62(73)94)87-66(98)59(40-46-43-85-53-29-17-14-25-49(46)53)91-64(96)57(33-23-38-83-71(78)79)89-68(100)60(41-47-44-86-54-30-18-15-26-50(47)54)92-65(97)56(32-22-37-82-70(76)77)88-67(99)58(39-45-42-84-52-28-16-13-24-48(45)52)90-63(95)51(72)27-21-36-81-69(74)75/h13-18,24-26,28-30,42-44,51,55-60,84-86H,2-12,19-23,27,31-41,72H2,1H3,(H2,73,94)(H,80,93)(H,87,98)(H,88,99)(H,89,100)(H,90,95)(H,91,96)(H,92,97)(H4,74,75,81)(H4,76,77,82)(H4,78,79,83)/t51-,55-,56-,57-,58-,59-,60-/m0/s1. The van der Waals surface area contributed by atoms with Gasteiger partial charge in [0.25, 0.3) is 0 Å². The highest BCUT2D eigenvalue weighted by molar-refractivity contribution is 5.99. The van der Waals surface area contributed by atoms with Gasteiger partial charge in [-0.2, -0.15) is 0 Å². The molecule has 0 bridgehead atoms. The van der Waals surface area contributed by atoms with Gasteiger partial charge in [0.15, 0.2) is 17.9 Å². The van der Waals surface area contributed by atoms with Gasteiger partial charge in [0.2, 0.25) is 47.3 Å². The van der Waals surface area contributed by atoms with Crippen molar-refractivity contribution >= 4 is 97.8 Å². The number of nitrogens with two attached hydrogens (primary N) is 8. The Morgan fingerprint density at radius 2 is 0.710 bits per heavy atom. The first kappa shape index (κ1) is 78.8. The summed E-state index contributed by atoms with van der Waals surface area (Å²) in [5.41, 5.74) is 50.2. The molecule has 0 aliphatic carbocycles. The van der Waals surface area contributed by atoms with E-state index >= 15 is 14.4 Å². The summed E-state index contributed by atoms with van der Waals surface area (Å²) in [6.07, 6.45) is 20.0. The van der Waals surface area contributed by atoms with Gasteiger partial charge < -0.3 is 98.0 Å². The molecule has 3 aromatic heterocycles. The predicted octanol–water partition coefficient (Wildman–Crippen LogP) is 3.03. The SMILES string of the molecule is CCCCCCCCCCCCCC(=O)NCCCC[C@H](NC(=O)[C@H](Cc1c[nH]c2ccccc12)NC(=O)[C@H](CCCN=C(N)N)NC(=O)[C@H](Cc1c[nH]c2ccccc12)NC(=O)[C@H](CCCN=C(N)N)NC(=O)[C@H](Cc1c[nH]c2ccccc12)NC(=O)[C@@H](N)CCCN=C(N)N)C(N)=O. The van der Waals surface area contributed by atoms with Crippen molar-refractivity contribution in [3.05, 3.63) is 108 Å². The van der Waals surface area contributed by atoms with Gasteiger partial charge in [-0.05, 0) is 99.1 Å². The molecule has 100 heavy (non-hydrogen) atoms. The van der Waals surface area contributed by atoms with Crippen LogP contribution >= 0.6 is 0 Å². The lowest BCUT2D eigenvalue weighted by Crippen LogP contribution is -2.60. The van der Waals surface area contributed by atoms with Crippen molar-refractivity contribution in [1.82, 2.24) is 52.2 Å². The van der Waals surface area contributed by atoms with Crippen LogP contribution in [0.15, 0.2) is 106 Å². The molecule has 29 nitrogen and oxygen atoms in total. The number of carbonyl (C=O) groups excluding carboxylic acids is 8. The molecule has 0 unspecified atom stereocenters. The maximum absolute atomic E-state index is 15.3. The summed E-state index contributed by atoms with van der Waals surface area (Å²) >= 11 is 0. The second-order valence-corrected chi connectivity index (χ2v) is 25.5. The van der Waals surface area contributed by atoms with Crippen LogP contribution in [0.2, 0.25) is 0 Å². The fraction of sp³-hybridized carbons (Fsp3) is 0.507. The molecular formula is C71H107N21O8. The van der Waals surface area contributed by atoms with E-state index in [9.17, 15) is 24.0 Å². The Morgan fingerprint density at radius 1 is 0.380 bits per heavy atom. The highest BCUT2D eigenvalue weighted by atomic mass is 16.2. The number of nitrogens with one attached hydrogen (secondary N) is 10.